The molecule has 1 unspecified atom stereocenters. The topological polar surface area (TPSA) is 55.8 Å². The summed E-state index contributed by atoms with van der Waals surface area (Å²) >= 11 is 0. The minimum absolute atomic E-state index is 0.0185. The third-order valence-electron chi connectivity index (χ3n) is 1.89. The van der Waals surface area contributed by atoms with Crippen LogP contribution in [0.1, 0.15) is 13.8 Å². The van der Waals surface area contributed by atoms with Gasteiger partial charge in [-0.15, -0.1) is 0 Å². The van der Waals surface area contributed by atoms with Crippen molar-refractivity contribution in [2.45, 2.75) is 20.0 Å². The second-order valence-corrected chi connectivity index (χ2v) is 3.68. The van der Waals surface area contributed by atoms with Crippen LogP contribution in [0.3, 0.4) is 0 Å². The molecule has 0 heterocycles. The van der Waals surface area contributed by atoms with Crippen molar-refractivity contribution >= 4 is 5.97 Å². The normalized spacial score (nSPS) is 13.0. The van der Waals surface area contributed by atoms with E-state index < -0.39 is 12.1 Å². The lowest BCUT2D eigenvalue weighted by Gasteiger charge is -2.06. The Morgan fingerprint density at radius 2 is 2.06 bits per heavy atom. The SMILES string of the molecule is CC(=COc1ccccc1)C(=O)OCC(C)O. The van der Waals surface area contributed by atoms with Crippen LogP contribution in [0.15, 0.2) is 42.2 Å². The van der Waals surface area contributed by atoms with Crippen molar-refractivity contribution in [1.29, 1.82) is 0 Å². The molecule has 0 aliphatic rings. The molecular formula is C13H16O4. The summed E-state index contributed by atoms with van der Waals surface area (Å²) in [6, 6.07) is 9.12. The summed E-state index contributed by atoms with van der Waals surface area (Å²) in [6.45, 7) is 3.12. The lowest BCUT2D eigenvalue weighted by Crippen LogP contribution is -2.16. The van der Waals surface area contributed by atoms with Crippen LogP contribution in [0.5, 0.6) is 5.75 Å². The summed E-state index contributed by atoms with van der Waals surface area (Å²) in [7, 11) is 0. The molecule has 4 nitrogen and oxygen atoms in total. The van der Waals surface area contributed by atoms with Crippen LogP contribution in [0.25, 0.3) is 0 Å². The minimum Gasteiger partial charge on any atom is -0.464 e. The average molecular weight is 236 g/mol. The number of carbonyl (C=O) groups excluding carboxylic acids is 1. The van der Waals surface area contributed by atoms with Crippen LogP contribution in [0.2, 0.25) is 0 Å². The Morgan fingerprint density at radius 3 is 2.65 bits per heavy atom. The fourth-order valence-electron chi connectivity index (χ4n) is 1.01. The number of hydrogen-bond donors (Lipinski definition) is 1. The lowest BCUT2D eigenvalue weighted by molar-refractivity contribution is -0.141. The molecule has 92 valence electrons. The van der Waals surface area contributed by atoms with E-state index in [1.165, 1.54) is 6.26 Å². The maximum atomic E-state index is 11.4. The molecule has 0 aliphatic carbocycles. The van der Waals surface area contributed by atoms with Gasteiger partial charge in [0.2, 0.25) is 0 Å². The molecular weight excluding hydrogens is 220 g/mol. The number of hydrogen-bond acceptors (Lipinski definition) is 4. The second-order valence-electron chi connectivity index (χ2n) is 3.68. The molecule has 0 aromatic heterocycles. The predicted octanol–water partition coefficient (Wildman–Crippen LogP) is 1.89. The Bertz CT molecular complexity index is 382. The quantitative estimate of drug-likeness (QED) is 0.482. The molecule has 17 heavy (non-hydrogen) atoms. The van der Waals surface area contributed by atoms with Crippen molar-refractivity contribution in [3.05, 3.63) is 42.2 Å². The van der Waals surface area contributed by atoms with Gasteiger partial charge in [0.15, 0.2) is 0 Å². The Labute approximate surface area is 100 Å². The molecule has 0 radical (unpaired) electrons. The number of aliphatic hydroxyl groups is 1. The van der Waals surface area contributed by atoms with Gasteiger partial charge in [0.05, 0.1) is 11.7 Å². The fraction of sp³-hybridized carbons (Fsp3) is 0.308. The number of carbonyl (C=O) groups is 1. The largest absolute Gasteiger partial charge is 0.464 e. The number of aliphatic hydroxyl groups excluding tert-OH is 1. The van der Waals surface area contributed by atoms with Gasteiger partial charge in [0, 0.05) is 0 Å². The van der Waals surface area contributed by atoms with Crippen molar-refractivity contribution in [3.8, 4) is 5.75 Å². The molecule has 0 bridgehead atoms. The van der Waals surface area contributed by atoms with Gasteiger partial charge in [0.25, 0.3) is 0 Å². The lowest BCUT2D eigenvalue weighted by atomic mass is 10.3. The molecule has 0 spiro atoms. The van der Waals surface area contributed by atoms with Gasteiger partial charge in [-0.25, -0.2) is 4.79 Å². The van der Waals surface area contributed by atoms with E-state index in [1.54, 1.807) is 26.0 Å². The summed E-state index contributed by atoms with van der Waals surface area (Å²) in [5, 5.41) is 8.96. The minimum atomic E-state index is -0.665. The maximum Gasteiger partial charge on any atom is 0.336 e. The van der Waals surface area contributed by atoms with Gasteiger partial charge in [0.1, 0.15) is 18.6 Å². The molecule has 1 aromatic carbocycles. The van der Waals surface area contributed by atoms with Crippen LogP contribution < -0.4 is 4.74 Å². The summed E-state index contributed by atoms with van der Waals surface area (Å²) in [5.74, 6) is 0.150. The highest BCUT2D eigenvalue weighted by Crippen LogP contribution is 2.10. The van der Waals surface area contributed by atoms with Crippen molar-refractivity contribution in [3.63, 3.8) is 0 Å². The fourth-order valence-corrected chi connectivity index (χ4v) is 1.01. The Kier molecular flexibility index (Phi) is 5.23. The van der Waals surface area contributed by atoms with Crippen LogP contribution >= 0.6 is 0 Å². The van der Waals surface area contributed by atoms with Crippen LogP contribution in [-0.4, -0.2) is 23.8 Å². The third-order valence-corrected chi connectivity index (χ3v) is 1.89. The van der Waals surface area contributed by atoms with Crippen molar-refractivity contribution in [2.75, 3.05) is 6.61 Å². The van der Waals surface area contributed by atoms with Gasteiger partial charge < -0.3 is 14.6 Å². The van der Waals surface area contributed by atoms with Crippen molar-refractivity contribution in [1.82, 2.24) is 0 Å². The van der Waals surface area contributed by atoms with E-state index >= 15 is 0 Å². The van der Waals surface area contributed by atoms with Gasteiger partial charge in [-0.1, -0.05) is 18.2 Å². The molecule has 1 N–H and O–H groups in total. The van der Waals surface area contributed by atoms with E-state index in [9.17, 15) is 4.79 Å². The standard InChI is InChI=1S/C13H16O4/c1-10(13(15)17-9-11(2)14)8-16-12-6-4-3-5-7-12/h3-8,11,14H,9H2,1-2H3. The number of esters is 1. The third kappa shape index (κ3) is 5.17. The van der Waals surface area contributed by atoms with Crippen molar-refractivity contribution in [2.24, 2.45) is 0 Å². The predicted molar refractivity (Wildman–Crippen MR) is 63.5 cm³/mol. The molecule has 0 amide bonds. The first-order valence-corrected chi connectivity index (χ1v) is 5.33. The summed E-state index contributed by atoms with van der Waals surface area (Å²) < 4.78 is 10.1. The second kappa shape index (κ2) is 6.70. The van der Waals surface area contributed by atoms with Gasteiger partial charge in [-0.05, 0) is 26.0 Å². The molecule has 0 aliphatic heterocycles. The number of rotatable bonds is 5. The number of ether oxygens (including phenoxy) is 2. The highest BCUT2D eigenvalue weighted by atomic mass is 16.5. The van der Waals surface area contributed by atoms with Crippen LogP contribution in [0.4, 0.5) is 0 Å². The van der Waals surface area contributed by atoms with E-state index in [0.717, 1.165) is 0 Å². The average Bonchev–Trinajstić information content (AvgIpc) is 2.34. The summed E-state index contributed by atoms with van der Waals surface area (Å²) in [4.78, 5) is 11.4. The molecule has 1 aromatic rings. The Morgan fingerprint density at radius 1 is 1.41 bits per heavy atom. The Balaban J connectivity index is 2.46. The van der Waals surface area contributed by atoms with Crippen LogP contribution in [-0.2, 0) is 9.53 Å². The summed E-state index contributed by atoms with van der Waals surface area (Å²) in [5.41, 5.74) is 0.342. The first kappa shape index (κ1) is 13.3. The molecule has 0 fully saturated rings. The Hall–Kier alpha value is -1.81. The number of para-hydroxylation sites is 1. The molecule has 4 heteroatoms. The zero-order chi connectivity index (χ0) is 12.7. The van der Waals surface area contributed by atoms with Gasteiger partial charge in [-0.3, -0.25) is 0 Å². The molecule has 0 saturated heterocycles. The van der Waals surface area contributed by atoms with Gasteiger partial charge >= 0.3 is 5.97 Å². The highest BCUT2D eigenvalue weighted by Gasteiger charge is 2.07. The van der Waals surface area contributed by atoms with Crippen LogP contribution in [0, 0.1) is 0 Å². The van der Waals surface area contributed by atoms with E-state index in [4.69, 9.17) is 14.6 Å². The first-order valence-electron chi connectivity index (χ1n) is 5.33. The monoisotopic (exact) mass is 236 g/mol. The van der Waals surface area contributed by atoms with E-state index in [1.807, 2.05) is 18.2 Å². The molecule has 1 rings (SSSR count). The van der Waals surface area contributed by atoms with E-state index in [-0.39, 0.29) is 6.61 Å². The van der Waals surface area contributed by atoms with E-state index in [2.05, 4.69) is 0 Å². The number of benzene rings is 1. The first-order chi connectivity index (χ1) is 8.09. The molecule has 0 saturated carbocycles. The van der Waals surface area contributed by atoms with Gasteiger partial charge in [-0.2, -0.15) is 0 Å². The highest BCUT2D eigenvalue weighted by molar-refractivity contribution is 5.87. The zero-order valence-corrected chi connectivity index (χ0v) is 9.92. The van der Waals surface area contributed by atoms with E-state index in [0.29, 0.717) is 11.3 Å². The smallest absolute Gasteiger partial charge is 0.336 e. The summed E-state index contributed by atoms with van der Waals surface area (Å²) in [6.07, 6.45) is 0.668. The zero-order valence-electron chi connectivity index (χ0n) is 9.92. The maximum absolute atomic E-state index is 11.4. The molecule has 1 atom stereocenters. The van der Waals surface area contributed by atoms with Crippen molar-refractivity contribution < 1.29 is 19.4 Å².